The first kappa shape index (κ1) is 19.6. The molecule has 2 heterocycles. The van der Waals surface area contributed by atoms with E-state index in [0.717, 1.165) is 56.2 Å². The van der Waals surface area contributed by atoms with Gasteiger partial charge in [0.15, 0.2) is 0 Å². The van der Waals surface area contributed by atoms with E-state index in [1.54, 1.807) is 7.11 Å². The molecule has 0 aliphatic carbocycles. The molecule has 1 aromatic rings. The van der Waals surface area contributed by atoms with Crippen molar-refractivity contribution in [1.82, 2.24) is 15.5 Å². The number of hydrogen-bond donors (Lipinski definition) is 2. The van der Waals surface area contributed by atoms with Crippen molar-refractivity contribution in [2.75, 3.05) is 53.0 Å². The van der Waals surface area contributed by atoms with Crippen molar-refractivity contribution < 1.29 is 14.3 Å². The van der Waals surface area contributed by atoms with Crippen LogP contribution in [0.15, 0.2) is 23.8 Å². The monoisotopic (exact) mass is 367 g/mol. The fourth-order valence-electron chi connectivity index (χ4n) is 2.97. The van der Waals surface area contributed by atoms with Crippen molar-refractivity contribution in [2.45, 2.75) is 6.42 Å². The molecule has 0 unspecified atom stereocenters. The quantitative estimate of drug-likeness (QED) is 0.742. The Labute approximate surface area is 155 Å². The van der Waals surface area contributed by atoms with Crippen molar-refractivity contribution in [1.29, 1.82) is 0 Å². The van der Waals surface area contributed by atoms with E-state index in [1.165, 1.54) is 0 Å². The van der Waals surface area contributed by atoms with Gasteiger partial charge in [-0.1, -0.05) is 0 Å². The van der Waals surface area contributed by atoms with Gasteiger partial charge in [0.2, 0.25) is 0 Å². The van der Waals surface area contributed by atoms with Crippen molar-refractivity contribution in [3.8, 4) is 11.5 Å². The van der Waals surface area contributed by atoms with E-state index in [0.29, 0.717) is 18.7 Å². The van der Waals surface area contributed by atoms with Gasteiger partial charge in [0, 0.05) is 38.3 Å². The highest BCUT2D eigenvalue weighted by Crippen LogP contribution is 2.29. The van der Waals surface area contributed by atoms with E-state index >= 15 is 0 Å². The lowest BCUT2D eigenvalue weighted by molar-refractivity contribution is -0.117. The van der Waals surface area contributed by atoms with E-state index in [1.807, 2.05) is 24.3 Å². The van der Waals surface area contributed by atoms with Crippen LogP contribution in [0.25, 0.3) is 6.08 Å². The molecule has 0 spiro atoms. The summed E-state index contributed by atoms with van der Waals surface area (Å²) in [6.07, 6.45) is 2.84. The van der Waals surface area contributed by atoms with Gasteiger partial charge in [0.1, 0.15) is 18.1 Å². The second-order valence-corrected chi connectivity index (χ2v) is 6.06. The molecule has 138 valence electrons. The van der Waals surface area contributed by atoms with E-state index in [2.05, 4.69) is 15.5 Å². The molecule has 0 radical (unpaired) electrons. The maximum Gasteiger partial charge on any atom is 0.250 e. The number of carbonyl (C=O) groups excluding carboxylic acids is 1. The minimum atomic E-state index is -0.0521. The molecule has 1 saturated heterocycles. The van der Waals surface area contributed by atoms with Gasteiger partial charge in [-0.2, -0.15) is 0 Å². The highest BCUT2D eigenvalue weighted by molar-refractivity contribution is 5.99. The third kappa shape index (κ3) is 5.36. The lowest BCUT2D eigenvalue weighted by Gasteiger charge is -2.27. The van der Waals surface area contributed by atoms with E-state index in [4.69, 9.17) is 9.47 Å². The molecule has 0 saturated carbocycles. The molecular weight excluding hydrogens is 342 g/mol. The van der Waals surface area contributed by atoms with Crippen molar-refractivity contribution in [3.05, 3.63) is 29.3 Å². The largest absolute Gasteiger partial charge is 0.497 e. The summed E-state index contributed by atoms with van der Waals surface area (Å²) in [6, 6.07) is 5.60. The van der Waals surface area contributed by atoms with Gasteiger partial charge in [0.05, 0.1) is 12.7 Å². The standard InChI is InChI=1S/C18H25N3O3.ClH/c1-23-16-3-4-17-14(12-16)11-15(13-24-17)18(22)20-5-2-8-21-9-6-19-7-10-21;/h3-4,11-12,19H,2,5-10,13H2,1H3,(H,20,22);1H. The Balaban J connectivity index is 0.00000225. The minimum Gasteiger partial charge on any atom is -0.497 e. The third-order valence-electron chi connectivity index (χ3n) is 4.37. The predicted octanol–water partition coefficient (Wildman–Crippen LogP) is 1.30. The van der Waals surface area contributed by atoms with Crippen LogP contribution < -0.4 is 20.1 Å². The van der Waals surface area contributed by atoms with Gasteiger partial charge in [-0.15, -0.1) is 12.4 Å². The number of nitrogens with one attached hydrogen (secondary N) is 2. The summed E-state index contributed by atoms with van der Waals surface area (Å²) in [7, 11) is 1.63. The molecule has 1 aromatic carbocycles. The average Bonchev–Trinajstić information content (AvgIpc) is 2.65. The molecule has 2 aliphatic rings. The summed E-state index contributed by atoms with van der Waals surface area (Å²) in [4.78, 5) is 14.7. The van der Waals surface area contributed by atoms with E-state index in [-0.39, 0.29) is 18.3 Å². The number of carbonyl (C=O) groups is 1. The topological polar surface area (TPSA) is 62.8 Å². The van der Waals surface area contributed by atoms with Crippen LogP contribution in [0.4, 0.5) is 0 Å². The Morgan fingerprint density at radius 2 is 2.16 bits per heavy atom. The first-order valence-electron chi connectivity index (χ1n) is 8.49. The van der Waals surface area contributed by atoms with Gasteiger partial charge in [-0.05, 0) is 37.2 Å². The summed E-state index contributed by atoms with van der Waals surface area (Å²) in [5.74, 6) is 1.49. The van der Waals surface area contributed by atoms with Crippen molar-refractivity contribution >= 4 is 24.4 Å². The molecule has 7 heteroatoms. The van der Waals surface area contributed by atoms with Crippen LogP contribution in [0.5, 0.6) is 11.5 Å². The zero-order valence-electron chi connectivity index (χ0n) is 14.5. The lowest BCUT2D eigenvalue weighted by atomic mass is 10.1. The molecule has 1 fully saturated rings. The fourth-order valence-corrected chi connectivity index (χ4v) is 2.97. The molecule has 6 nitrogen and oxygen atoms in total. The number of ether oxygens (including phenoxy) is 2. The number of hydrogen-bond acceptors (Lipinski definition) is 5. The molecule has 2 N–H and O–H groups in total. The molecule has 0 aromatic heterocycles. The second-order valence-electron chi connectivity index (χ2n) is 6.06. The van der Waals surface area contributed by atoms with Crippen LogP contribution >= 0.6 is 12.4 Å². The number of fused-ring (bicyclic) bond motifs is 1. The summed E-state index contributed by atoms with van der Waals surface area (Å²) in [5.41, 5.74) is 1.53. The van der Waals surface area contributed by atoms with Crippen molar-refractivity contribution in [2.24, 2.45) is 0 Å². The average molecular weight is 368 g/mol. The number of halogens is 1. The Hall–Kier alpha value is -1.76. The van der Waals surface area contributed by atoms with Crippen LogP contribution in [0.1, 0.15) is 12.0 Å². The fraction of sp³-hybridized carbons (Fsp3) is 0.500. The van der Waals surface area contributed by atoms with E-state index < -0.39 is 0 Å². The summed E-state index contributed by atoms with van der Waals surface area (Å²) < 4.78 is 10.9. The number of benzene rings is 1. The number of amides is 1. The third-order valence-corrected chi connectivity index (χ3v) is 4.37. The number of rotatable bonds is 6. The van der Waals surface area contributed by atoms with Crippen LogP contribution in [0, 0.1) is 0 Å². The Kier molecular flexibility index (Phi) is 7.55. The van der Waals surface area contributed by atoms with Gasteiger partial charge >= 0.3 is 0 Å². The lowest BCUT2D eigenvalue weighted by Crippen LogP contribution is -2.44. The summed E-state index contributed by atoms with van der Waals surface area (Å²) in [6.45, 7) is 6.31. The summed E-state index contributed by atoms with van der Waals surface area (Å²) >= 11 is 0. The summed E-state index contributed by atoms with van der Waals surface area (Å²) in [5, 5.41) is 6.33. The van der Waals surface area contributed by atoms with E-state index in [9.17, 15) is 4.79 Å². The maximum atomic E-state index is 12.3. The van der Waals surface area contributed by atoms with Gasteiger partial charge in [-0.3, -0.25) is 4.79 Å². The smallest absolute Gasteiger partial charge is 0.250 e. The van der Waals surface area contributed by atoms with Crippen LogP contribution in [0.2, 0.25) is 0 Å². The number of methoxy groups -OCH3 is 1. The molecule has 25 heavy (non-hydrogen) atoms. The second kappa shape index (κ2) is 9.65. The normalized spacial score (nSPS) is 16.8. The molecule has 0 atom stereocenters. The molecule has 2 aliphatic heterocycles. The highest BCUT2D eigenvalue weighted by atomic mass is 35.5. The molecular formula is C18H26ClN3O3. The van der Waals surface area contributed by atoms with Gasteiger partial charge in [0.25, 0.3) is 5.91 Å². The van der Waals surface area contributed by atoms with Crippen LogP contribution in [-0.2, 0) is 4.79 Å². The predicted molar refractivity (Wildman–Crippen MR) is 101 cm³/mol. The number of piperazine rings is 1. The number of nitrogens with zero attached hydrogens (tertiary/aromatic N) is 1. The van der Waals surface area contributed by atoms with Crippen molar-refractivity contribution in [3.63, 3.8) is 0 Å². The molecule has 1 amide bonds. The Morgan fingerprint density at radius 3 is 2.92 bits per heavy atom. The van der Waals surface area contributed by atoms with Crippen LogP contribution in [0.3, 0.4) is 0 Å². The van der Waals surface area contributed by atoms with Gasteiger partial charge < -0.3 is 25.0 Å². The minimum absolute atomic E-state index is 0. The maximum absolute atomic E-state index is 12.3. The first-order valence-corrected chi connectivity index (χ1v) is 8.49. The first-order chi connectivity index (χ1) is 11.8. The van der Waals surface area contributed by atoms with Gasteiger partial charge in [-0.25, -0.2) is 0 Å². The zero-order chi connectivity index (χ0) is 16.8. The molecule has 3 rings (SSSR count). The zero-order valence-corrected chi connectivity index (χ0v) is 15.4. The van der Waals surface area contributed by atoms with Crippen LogP contribution in [-0.4, -0.2) is 63.8 Å². The Bertz CT molecular complexity index is 616. The SMILES string of the molecule is COc1ccc2c(c1)C=C(C(=O)NCCCN1CCNCC1)CO2.Cl. The molecule has 0 bridgehead atoms. The Morgan fingerprint density at radius 1 is 1.36 bits per heavy atom. The highest BCUT2D eigenvalue weighted by Gasteiger charge is 2.17.